The molecule has 2 aromatic rings. The standard InChI is InChI=1S/C8H8N4O/c1-4-13-12-7(1)5-11-8-6-9-2-3-10-8/h1-4,6H,5H2,(H,10,11). The van der Waals surface area contributed by atoms with E-state index in [1.807, 2.05) is 0 Å². The zero-order valence-corrected chi connectivity index (χ0v) is 6.84. The molecule has 2 heterocycles. The second kappa shape index (κ2) is 3.66. The van der Waals surface area contributed by atoms with Crippen molar-refractivity contribution in [2.45, 2.75) is 6.54 Å². The van der Waals surface area contributed by atoms with Gasteiger partial charge in [-0.25, -0.2) is 4.98 Å². The van der Waals surface area contributed by atoms with Gasteiger partial charge in [0.1, 0.15) is 17.8 Å². The molecule has 5 nitrogen and oxygen atoms in total. The van der Waals surface area contributed by atoms with Crippen molar-refractivity contribution in [3.63, 3.8) is 0 Å². The maximum atomic E-state index is 4.68. The van der Waals surface area contributed by atoms with Gasteiger partial charge >= 0.3 is 0 Å². The van der Waals surface area contributed by atoms with Crippen LogP contribution >= 0.6 is 0 Å². The van der Waals surface area contributed by atoms with Crippen LogP contribution in [-0.4, -0.2) is 15.1 Å². The number of hydrogen-bond donors (Lipinski definition) is 1. The van der Waals surface area contributed by atoms with Crippen molar-refractivity contribution in [3.05, 3.63) is 36.6 Å². The predicted molar refractivity (Wildman–Crippen MR) is 45.9 cm³/mol. The predicted octanol–water partition coefficient (Wildman–Crippen LogP) is 1.08. The number of hydrogen-bond acceptors (Lipinski definition) is 5. The summed E-state index contributed by atoms with van der Waals surface area (Å²) < 4.78 is 4.68. The summed E-state index contributed by atoms with van der Waals surface area (Å²) in [4.78, 5) is 7.96. The van der Waals surface area contributed by atoms with E-state index >= 15 is 0 Å². The maximum Gasteiger partial charge on any atom is 0.144 e. The van der Waals surface area contributed by atoms with Crippen molar-refractivity contribution in [3.8, 4) is 0 Å². The molecule has 0 amide bonds. The molecule has 0 bridgehead atoms. The van der Waals surface area contributed by atoms with E-state index in [1.165, 1.54) is 6.26 Å². The molecule has 0 aliphatic rings. The SMILES string of the molecule is c1cnc(NCc2ccon2)cn1. The highest BCUT2D eigenvalue weighted by Crippen LogP contribution is 2.01. The van der Waals surface area contributed by atoms with Gasteiger partial charge in [0.25, 0.3) is 0 Å². The van der Waals surface area contributed by atoms with Crippen molar-refractivity contribution in [2.75, 3.05) is 5.32 Å². The minimum atomic E-state index is 0.592. The second-order valence-electron chi connectivity index (χ2n) is 2.43. The molecule has 0 saturated carbocycles. The van der Waals surface area contributed by atoms with E-state index in [0.29, 0.717) is 6.54 Å². The van der Waals surface area contributed by atoms with E-state index in [-0.39, 0.29) is 0 Å². The summed E-state index contributed by atoms with van der Waals surface area (Å²) in [5, 5.41) is 6.80. The molecule has 0 spiro atoms. The zero-order valence-electron chi connectivity index (χ0n) is 6.84. The van der Waals surface area contributed by atoms with Gasteiger partial charge in [-0.1, -0.05) is 5.16 Å². The molecule has 2 rings (SSSR count). The summed E-state index contributed by atoms with van der Waals surface area (Å²) in [7, 11) is 0. The Morgan fingerprint density at radius 3 is 3.08 bits per heavy atom. The first-order valence-corrected chi connectivity index (χ1v) is 3.84. The van der Waals surface area contributed by atoms with Crippen molar-refractivity contribution in [1.29, 1.82) is 0 Å². The smallest absolute Gasteiger partial charge is 0.144 e. The highest BCUT2D eigenvalue weighted by atomic mass is 16.5. The zero-order chi connectivity index (χ0) is 8.93. The highest BCUT2D eigenvalue weighted by molar-refractivity contribution is 5.30. The third kappa shape index (κ3) is 2.02. The van der Waals surface area contributed by atoms with Crippen molar-refractivity contribution < 1.29 is 4.52 Å². The lowest BCUT2D eigenvalue weighted by Gasteiger charge is -2.00. The Hall–Kier alpha value is -1.91. The Balaban J connectivity index is 1.94. The van der Waals surface area contributed by atoms with Gasteiger partial charge in [0.2, 0.25) is 0 Å². The van der Waals surface area contributed by atoms with Crippen molar-refractivity contribution in [1.82, 2.24) is 15.1 Å². The monoisotopic (exact) mass is 176 g/mol. The van der Waals surface area contributed by atoms with E-state index < -0.39 is 0 Å². The summed E-state index contributed by atoms with van der Waals surface area (Å²) in [5.74, 6) is 0.727. The van der Waals surface area contributed by atoms with Crippen LogP contribution in [0.2, 0.25) is 0 Å². The van der Waals surface area contributed by atoms with Crippen LogP contribution in [0.15, 0.2) is 35.4 Å². The number of nitrogens with one attached hydrogen (secondary N) is 1. The first kappa shape index (κ1) is 7.72. The Bertz CT molecular complexity index is 346. The van der Waals surface area contributed by atoms with Crippen LogP contribution < -0.4 is 5.32 Å². The lowest BCUT2D eigenvalue weighted by atomic mass is 10.4. The van der Waals surface area contributed by atoms with Gasteiger partial charge in [0.15, 0.2) is 0 Å². The minimum Gasteiger partial charge on any atom is -0.364 e. The molecule has 5 heteroatoms. The minimum absolute atomic E-state index is 0.592. The molecule has 0 saturated heterocycles. The van der Waals surface area contributed by atoms with Gasteiger partial charge in [-0.2, -0.15) is 0 Å². The van der Waals surface area contributed by atoms with E-state index in [0.717, 1.165) is 11.5 Å². The molecule has 0 atom stereocenters. The van der Waals surface area contributed by atoms with Gasteiger partial charge in [0.05, 0.1) is 12.7 Å². The Morgan fingerprint density at radius 2 is 2.38 bits per heavy atom. The average molecular weight is 176 g/mol. The van der Waals surface area contributed by atoms with Crippen molar-refractivity contribution >= 4 is 5.82 Å². The van der Waals surface area contributed by atoms with Crippen molar-refractivity contribution in [2.24, 2.45) is 0 Å². The first-order chi connectivity index (χ1) is 6.45. The van der Waals surface area contributed by atoms with Crippen LogP contribution in [0.5, 0.6) is 0 Å². The Kier molecular flexibility index (Phi) is 2.18. The third-order valence-electron chi connectivity index (χ3n) is 1.51. The fourth-order valence-electron chi connectivity index (χ4n) is 0.900. The molecule has 13 heavy (non-hydrogen) atoms. The molecule has 1 N–H and O–H groups in total. The van der Waals surface area contributed by atoms with E-state index in [2.05, 4.69) is 25.0 Å². The number of aromatic nitrogens is 3. The lowest BCUT2D eigenvalue weighted by Crippen LogP contribution is -2.01. The molecular formula is C8H8N4O. The average Bonchev–Trinajstić information content (AvgIpc) is 2.69. The summed E-state index contributed by atoms with van der Waals surface area (Å²) in [6, 6.07) is 1.80. The Morgan fingerprint density at radius 1 is 1.38 bits per heavy atom. The molecule has 66 valence electrons. The molecule has 0 aromatic carbocycles. The van der Waals surface area contributed by atoms with E-state index in [9.17, 15) is 0 Å². The molecule has 0 fully saturated rings. The summed E-state index contributed by atoms with van der Waals surface area (Å²) >= 11 is 0. The van der Waals surface area contributed by atoms with Crippen LogP contribution in [0.3, 0.4) is 0 Å². The summed E-state index contributed by atoms with van der Waals surface area (Å²) in [6.45, 7) is 0.592. The molecule has 0 aliphatic heterocycles. The van der Waals surface area contributed by atoms with E-state index in [1.54, 1.807) is 24.7 Å². The topological polar surface area (TPSA) is 63.8 Å². The largest absolute Gasteiger partial charge is 0.364 e. The van der Waals surface area contributed by atoms with Crippen LogP contribution in [0.4, 0.5) is 5.82 Å². The molecular weight excluding hydrogens is 168 g/mol. The van der Waals surface area contributed by atoms with Gasteiger partial charge in [0, 0.05) is 18.5 Å². The summed E-state index contributed by atoms with van der Waals surface area (Å²) in [6.07, 6.45) is 6.44. The van der Waals surface area contributed by atoms with Crippen LogP contribution in [-0.2, 0) is 6.54 Å². The lowest BCUT2D eigenvalue weighted by molar-refractivity contribution is 0.412. The highest BCUT2D eigenvalue weighted by Gasteiger charge is 1.96. The molecule has 0 aliphatic carbocycles. The van der Waals surface area contributed by atoms with Gasteiger partial charge in [-0.15, -0.1) is 0 Å². The number of anilines is 1. The normalized spacial score (nSPS) is 9.85. The van der Waals surface area contributed by atoms with Crippen LogP contribution in [0.1, 0.15) is 5.69 Å². The molecule has 2 aromatic heterocycles. The third-order valence-corrected chi connectivity index (χ3v) is 1.51. The van der Waals surface area contributed by atoms with Gasteiger partial charge in [-0.05, 0) is 0 Å². The Labute approximate surface area is 74.8 Å². The number of rotatable bonds is 3. The first-order valence-electron chi connectivity index (χ1n) is 3.84. The maximum absolute atomic E-state index is 4.68. The quantitative estimate of drug-likeness (QED) is 0.758. The van der Waals surface area contributed by atoms with E-state index in [4.69, 9.17) is 0 Å². The van der Waals surface area contributed by atoms with Gasteiger partial charge < -0.3 is 9.84 Å². The molecule has 0 radical (unpaired) electrons. The van der Waals surface area contributed by atoms with Gasteiger partial charge in [-0.3, -0.25) is 4.98 Å². The van der Waals surface area contributed by atoms with Crippen LogP contribution in [0, 0.1) is 0 Å². The fourth-order valence-corrected chi connectivity index (χ4v) is 0.900. The summed E-state index contributed by atoms with van der Waals surface area (Å²) in [5.41, 5.74) is 0.839. The second-order valence-corrected chi connectivity index (χ2v) is 2.43. The van der Waals surface area contributed by atoms with Crippen LogP contribution in [0.25, 0.3) is 0 Å². The molecule has 0 unspecified atom stereocenters. The number of nitrogens with zero attached hydrogens (tertiary/aromatic N) is 3. The fraction of sp³-hybridized carbons (Fsp3) is 0.125.